The monoisotopic (exact) mass is 1190 g/mol. The summed E-state index contributed by atoms with van der Waals surface area (Å²) in [6.45, 7) is 22.6. The number of carbonyl (C=O) groups is 2. The molecule has 5 aliphatic rings. The number of rotatable bonds is 13. The summed E-state index contributed by atoms with van der Waals surface area (Å²) in [7, 11) is 8.11. The van der Waals surface area contributed by atoms with Crippen molar-refractivity contribution in [2.24, 2.45) is 32.0 Å². The molecule has 2 aromatic carbocycles. The number of aliphatic hydroxyl groups is 2. The first-order chi connectivity index (χ1) is 40.9. The maximum absolute atomic E-state index is 13.1. The first-order valence-corrected chi connectivity index (χ1v) is 29.5. The van der Waals surface area contributed by atoms with Crippen LogP contribution in [0.2, 0.25) is 0 Å². The summed E-state index contributed by atoms with van der Waals surface area (Å²) < 4.78 is 40.0. The number of fused-ring (bicyclic) bond motifs is 7. The molecule has 87 heavy (non-hydrogen) atoms. The number of hydrogen-bond donors (Lipinski definition) is 2. The van der Waals surface area contributed by atoms with Crippen molar-refractivity contribution in [3.8, 4) is 34.3 Å². The number of nitrogens with zero attached hydrogens (tertiary/aromatic N) is 5. The number of ether oxygens (including phenoxy) is 6. The minimum absolute atomic E-state index is 0.0816. The standard InChI is InChI=1S/C42H58O6.C20H18NO4.C8H10N4O2/c1-29(18-14-19-31(3)22-23-37-38(6,7)26-35(47-33(5)43)27-40(37,10)46)16-12-13-17-30(2)20-15-21-32(4)36(45)28-42-39(8,9)24-34(44)25-41(42,11)48-42;1-22-17-4-3-12-7-16-14-9-19-18(24-11-25-19)8-13(14)5-6-21(16)10-15(12)20(17)23-2;1-10-4-9-6-5(10)7(13)12(3)8(14)11(6)2/h12-22,34-35,44,46H,24-28H2,1-11H3;3-4,7-10H,5-6,11H2,1-2H3;4H,1-3H3/q;+1;/b13-12+,18-14+,20-15+,29-16+,30-17+,31-19+,32-21+;;/t23?,34-,35-,40+,41+,42-;;/m0../s1. The highest BCUT2D eigenvalue weighted by atomic mass is 16.7. The topological polar surface area (TPSA) is 199 Å². The smallest absolute Gasteiger partial charge is 0.332 e. The van der Waals surface area contributed by atoms with Crippen LogP contribution in [0.15, 0.2) is 153 Å². The molecular weight excluding hydrogens is 1100 g/mol. The molecule has 5 aromatic rings. The van der Waals surface area contributed by atoms with E-state index in [9.17, 15) is 29.4 Å². The van der Waals surface area contributed by atoms with Crippen LogP contribution in [0.4, 0.5) is 0 Å². The molecule has 3 aliphatic heterocycles. The Morgan fingerprint density at radius 3 is 2.10 bits per heavy atom. The van der Waals surface area contributed by atoms with Crippen LogP contribution in [-0.4, -0.2) is 90.7 Å². The van der Waals surface area contributed by atoms with Gasteiger partial charge in [0.1, 0.15) is 11.7 Å². The lowest BCUT2D eigenvalue weighted by molar-refractivity contribution is -0.686. The highest BCUT2D eigenvalue weighted by Gasteiger charge is 2.76. The lowest BCUT2D eigenvalue weighted by Gasteiger charge is -2.44. The molecule has 6 heterocycles. The zero-order chi connectivity index (χ0) is 63.6. The summed E-state index contributed by atoms with van der Waals surface area (Å²) in [6, 6.07) is 10.4. The second kappa shape index (κ2) is 25.7. The maximum Gasteiger partial charge on any atom is 0.332 e. The number of benzene rings is 2. The van der Waals surface area contributed by atoms with E-state index in [1.54, 1.807) is 39.8 Å². The predicted octanol–water partition coefficient (Wildman–Crippen LogP) is 10.8. The van der Waals surface area contributed by atoms with Crippen LogP contribution in [0.25, 0.3) is 33.2 Å². The Hall–Kier alpha value is -8.08. The Kier molecular flexibility index (Phi) is 19.2. The molecule has 0 radical (unpaired) electrons. The third-order valence-corrected chi connectivity index (χ3v) is 17.5. The van der Waals surface area contributed by atoms with Gasteiger partial charge < -0.3 is 43.2 Å². The van der Waals surface area contributed by atoms with Gasteiger partial charge in [0.05, 0.1) is 48.8 Å². The van der Waals surface area contributed by atoms with E-state index in [0.717, 1.165) is 73.6 Å². The van der Waals surface area contributed by atoms with E-state index in [2.05, 4.69) is 59.6 Å². The van der Waals surface area contributed by atoms with Crippen LogP contribution in [-0.2, 0) is 53.2 Å². The van der Waals surface area contributed by atoms with E-state index >= 15 is 0 Å². The number of Topliss-reactive ketones (excluding diaryl/α,β-unsaturated/α-hetero) is 1. The molecule has 2 N–H and O–H groups in total. The Labute approximate surface area is 510 Å². The number of methoxy groups -OCH3 is 2. The van der Waals surface area contributed by atoms with Gasteiger partial charge in [-0.1, -0.05) is 99.6 Å². The van der Waals surface area contributed by atoms with Crippen LogP contribution in [0, 0.1) is 10.8 Å². The van der Waals surface area contributed by atoms with Gasteiger partial charge in [0, 0.05) is 65.4 Å². The van der Waals surface area contributed by atoms with Gasteiger partial charge in [0.15, 0.2) is 52.7 Å². The van der Waals surface area contributed by atoms with E-state index in [1.165, 1.54) is 41.7 Å². The third kappa shape index (κ3) is 13.9. The van der Waals surface area contributed by atoms with Crippen molar-refractivity contribution in [2.45, 2.75) is 150 Å². The number of aliphatic hydroxyl groups excluding tert-OH is 1. The second-order valence-corrected chi connectivity index (χ2v) is 25.4. The van der Waals surface area contributed by atoms with Gasteiger partial charge in [-0.25, -0.2) is 9.78 Å². The number of aromatic nitrogens is 5. The zero-order valence-electron chi connectivity index (χ0n) is 53.4. The van der Waals surface area contributed by atoms with E-state index in [-0.39, 0.29) is 46.0 Å². The largest absolute Gasteiger partial charge is 0.493 e. The number of pyridine rings is 1. The molecule has 0 unspecified atom stereocenters. The van der Waals surface area contributed by atoms with Crippen LogP contribution in [0.5, 0.6) is 23.0 Å². The van der Waals surface area contributed by atoms with Crippen molar-refractivity contribution in [3.63, 3.8) is 0 Å². The molecule has 5 atom stereocenters. The Morgan fingerprint density at radius 2 is 1.47 bits per heavy atom. The first-order valence-electron chi connectivity index (χ1n) is 29.5. The first kappa shape index (κ1) is 64.9. The molecule has 0 bridgehead atoms. The summed E-state index contributed by atoms with van der Waals surface area (Å²) in [5, 5.41) is 23.6. The summed E-state index contributed by atoms with van der Waals surface area (Å²) >= 11 is 0. The molecule has 2 aliphatic carbocycles. The minimum Gasteiger partial charge on any atom is -0.493 e. The predicted molar refractivity (Wildman–Crippen MR) is 338 cm³/mol. The van der Waals surface area contributed by atoms with Gasteiger partial charge in [0.2, 0.25) is 12.5 Å². The number of esters is 1. The van der Waals surface area contributed by atoms with Gasteiger partial charge in [-0.3, -0.25) is 23.5 Å². The number of carbonyl (C=O) groups excluding carboxylic acids is 2. The summed E-state index contributed by atoms with van der Waals surface area (Å²) in [4.78, 5) is 51.7. The Morgan fingerprint density at radius 1 is 0.816 bits per heavy atom. The number of allylic oxidation sites excluding steroid dienone is 14. The molecule has 17 nitrogen and oxygen atoms in total. The van der Waals surface area contributed by atoms with Crippen molar-refractivity contribution in [2.75, 3.05) is 21.0 Å². The number of hydrogen-bond acceptors (Lipinski definition) is 13. The van der Waals surface area contributed by atoms with Crippen LogP contribution >= 0.6 is 0 Å². The highest BCUT2D eigenvalue weighted by molar-refractivity contribution is 5.96. The van der Waals surface area contributed by atoms with Crippen molar-refractivity contribution in [3.05, 3.63) is 170 Å². The number of ketones is 1. The van der Waals surface area contributed by atoms with E-state index in [4.69, 9.17) is 28.4 Å². The summed E-state index contributed by atoms with van der Waals surface area (Å²) in [5.41, 5.74) is 9.21. The highest BCUT2D eigenvalue weighted by Crippen LogP contribution is 2.67. The fourth-order valence-electron chi connectivity index (χ4n) is 13.0. The van der Waals surface area contributed by atoms with Crippen molar-refractivity contribution in [1.82, 2.24) is 18.7 Å². The summed E-state index contributed by atoms with van der Waals surface area (Å²) in [5.74, 6) is 2.94. The van der Waals surface area contributed by atoms with Crippen LogP contribution in [0.1, 0.15) is 114 Å². The molecule has 3 aromatic heterocycles. The van der Waals surface area contributed by atoms with Crippen molar-refractivity contribution in [1.29, 1.82) is 0 Å². The van der Waals surface area contributed by atoms with Gasteiger partial charge in [-0.05, 0) is 118 Å². The molecule has 2 saturated carbocycles. The van der Waals surface area contributed by atoms with Gasteiger partial charge >= 0.3 is 11.7 Å². The lowest BCUT2D eigenvalue weighted by atomic mass is 9.61. The SMILES string of the molecule is CC(=O)O[C@H]1CC(C)(C)C(=C=C/C(C)=C/C=C/C(C)=C/C=C/C=C(C)/C=C/C=C(\C)C(=O)C[C@@]23O[C@]2(C)C[C@@H](O)CC3(C)C)[C@](C)(O)C1.COc1ccc2cc3[n+](cc2c1OC)CCc1cc2c(cc1-3)OCO2.Cn1c(=O)c2c(ncn2C)n(C)c1=O. The van der Waals surface area contributed by atoms with Crippen molar-refractivity contribution >= 4 is 33.7 Å². The fraction of sp³-hybridized carbons (Fsp3) is 0.443. The summed E-state index contributed by atoms with van der Waals surface area (Å²) in [6.07, 6.45) is 28.2. The van der Waals surface area contributed by atoms with E-state index in [0.29, 0.717) is 55.6 Å². The second-order valence-electron chi connectivity index (χ2n) is 25.4. The molecular formula is C70H86N5O12+. The Balaban J connectivity index is 0.000000204. The van der Waals surface area contributed by atoms with Gasteiger partial charge in [0.25, 0.3) is 5.56 Å². The normalized spacial score (nSPS) is 23.7. The fourth-order valence-corrected chi connectivity index (χ4v) is 13.0. The lowest BCUT2D eigenvalue weighted by Crippen LogP contribution is -2.48. The number of aryl methyl sites for hydroxylation is 4. The molecule has 0 spiro atoms. The molecule has 0 amide bonds. The minimum atomic E-state index is -1.11. The molecule has 3 fully saturated rings. The average Bonchev–Trinajstić information content (AvgIpc) is 1.51. The quantitative estimate of drug-likeness (QED) is 0.0282. The molecule has 17 heteroatoms. The Bertz CT molecular complexity index is 3920. The maximum atomic E-state index is 13.1. The zero-order valence-corrected chi connectivity index (χ0v) is 53.4. The number of epoxide rings is 1. The van der Waals surface area contributed by atoms with Crippen LogP contribution in [0.3, 0.4) is 0 Å². The molecule has 462 valence electrons. The number of imidazole rings is 1. The third-order valence-electron chi connectivity index (χ3n) is 17.5. The molecule has 1 saturated heterocycles. The van der Waals surface area contributed by atoms with Gasteiger partial charge in [-0.15, -0.1) is 5.73 Å². The average molecular weight is 1190 g/mol. The van der Waals surface area contributed by atoms with E-state index < -0.39 is 16.8 Å². The van der Waals surface area contributed by atoms with Crippen molar-refractivity contribution < 1.29 is 52.8 Å². The van der Waals surface area contributed by atoms with Gasteiger partial charge in [-0.2, -0.15) is 4.57 Å². The van der Waals surface area contributed by atoms with E-state index in [1.807, 2.05) is 121 Å². The van der Waals surface area contributed by atoms with Crippen LogP contribution < -0.4 is 34.8 Å². The molecule has 10 rings (SSSR count).